The molecule has 3 aromatic rings. The third-order valence-corrected chi connectivity index (χ3v) is 4.51. The van der Waals surface area contributed by atoms with Crippen LogP contribution in [0.1, 0.15) is 48.5 Å². The Hall–Kier alpha value is -2.79. The first-order valence-electron chi connectivity index (χ1n) is 8.85. The summed E-state index contributed by atoms with van der Waals surface area (Å²) in [5.41, 5.74) is 1.44. The SMILES string of the molecule is C#Cc1c2ccccc2c(C(=O)OCCCCCC)c2ccccc12. The fourth-order valence-corrected chi connectivity index (χ4v) is 3.27. The summed E-state index contributed by atoms with van der Waals surface area (Å²) in [4.78, 5) is 12.8. The summed E-state index contributed by atoms with van der Waals surface area (Å²) in [7, 11) is 0. The molecule has 3 rings (SSSR count). The molecular weight excluding hydrogens is 308 g/mol. The number of hydrogen-bond donors (Lipinski definition) is 0. The zero-order valence-electron chi connectivity index (χ0n) is 14.5. The molecule has 2 nitrogen and oxygen atoms in total. The lowest BCUT2D eigenvalue weighted by Gasteiger charge is -2.13. The van der Waals surface area contributed by atoms with Crippen molar-refractivity contribution in [2.45, 2.75) is 32.6 Å². The number of carbonyl (C=O) groups is 1. The Kier molecular flexibility index (Phi) is 5.36. The van der Waals surface area contributed by atoms with Crippen LogP contribution in [0.15, 0.2) is 48.5 Å². The summed E-state index contributed by atoms with van der Waals surface area (Å²) in [5, 5.41) is 3.55. The second-order valence-corrected chi connectivity index (χ2v) is 6.18. The largest absolute Gasteiger partial charge is 0.462 e. The Bertz CT molecular complexity index is 890. The van der Waals surface area contributed by atoms with Crippen LogP contribution in [0.25, 0.3) is 21.5 Å². The van der Waals surface area contributed by atoms with E-state index in [1.54, 1.807) is 0 Å². The van der Waals surface area contributed by atoms with Gasteiger partial charge in [0.15, 0.2) is 0 Å². The van der Waals surface area contributed by atoms with Gasteiger partial charge in [-0.3, -0.25) is 0 Å². The van der Waals surface area contributed by atoms with Gasteiger partial charge in [-0.25, -0.2) is 4.79 Å². The minimum atomic E-state index is -0.271. The van der Waals surface area contributed by atoms with Crippen molar-refractivity contribution >= 4 is 27.5 Å². The first-order chi connectivity index (χ1) is 12.3. The Morgan fingerprint density at radius 1 is 0.920 bits per heavy atom. The van der Waals surface area contributed by atoms with Crippen LogP contribution in [0.5, 0.6) is 0 Å². The molecule has 0 unspecified atom stereocenters. The van der Waals surface area contributed by atoms with E-state index in [1.165, 1.54) is 6.42 Å². The number of carbonyl (C=O) groups excluding carboxylic acids is 1. The molecule has 0 saturated carbocycles. The maximum Gasteiger partial charge on any atom is 0.339 e. The first-order valence-corrected chi connectivity index (χ1v) is 8.85. The summed E-state index contributed by atoms with van der Waals surface area (Å²) in [6.45, 7) is 2.62. The lowest BCUT2D eigenvalue weighted by molar-refractivity contribution is 0.0502. The van der Waals surface area contributed by atoms with Gasteiger partial charge in [-0.05, 0) is 28.0 Å². The molecule has 2 heteroatoms. The van der Waals surface area contributed by atoms with Gasteiger partial charge in [0, 0.05) is 5.56 Å². The van der Waals surface area contributed by atoms with Crippen LogP contribution in [0, 0.1) is 12.3 Å². The topological polar surface area (TPSA) is 26.3 Å². The summed E-state index contributed by atoms with van der Waals surface area (Å²) >= 11 is 0. The van der Waals surface area contributed by atoms with E-state index in [0.29, 0.717) is 12.2 Å². The highest BCUT2D eigenvalue weighted by atomic mass is 16.5. The number of unbranched alkanes of at least 4 members (excludes halogenated alkanes) is 3. The molecule has 0 aliphatic rings. The highest BCUT2D eigenvalue weighted by Gasteiger charge is 2.18. The number of benzene rings is 3. The molecule has 126 valence electrons. The summed E-state index contributed by atoms with van der Waals surface area (Å²) in [6, 6.07) is 15.6. The molecule has 0 heterocycles. The van der Waals surface area contributed by atoms with Gasteiger partial charge in [0.25, 0.3) is 0 Å². The maximum absolute atomic E-state index is 12.8. The van der Waals surface area contributed by atoms with Crippen molar-refractivity contribution in [3.05, 3.63) is 59.7 Å². The van der Waals surface area contributed by atoms with Crippen LogP contribution in [-0.4, -0.2) is 12.6 Å². The van der Waals surface area contributed by atoms with Crippen molar-refractivity contribution < 1.29 is 9.53 Å². The van der Waals surface area contributed by atoms with E-state index >= 15 is 0 Å². The molecule has 0 N–H and O–H groups in total. The molecule has 0 aromatic heterocycles. The van der Waals surface area contributed by atoms with Crippen LogP contribution in [0.3, 0.4) is 0 Å². The number of hydrogen-bond acceptors (Lipinski definition) is 2. The highest BCUT2D eigenvalue weighted by molar-refractivity contribution is 6.19. The van der Waals surface area contributed by atoms with Gasteiger partial charge >= 0.3 is 5.97 Å². The van der Waals surface area contributed by atoms with E-state index in [2.05, 4.69) is 12.8 Å². The fraction of sp³-hybridized carbons (Fsp3) is 0.261. The lowest BCUT2D eigenvalue weighted by atomic mass is 9.92. The molecule has 0 spiro atoms. The average molecular weight is 330 g/mol. The van der Waals surface area contributed by atoms with Crippen molar-refractivity contribution in [2.24, 2.45) is 0 Å². The van der Waals surface area contributed by atoms with Crippen molar-refractivity contribution in [1.29, 1.82) is 0 Å². The molecule has 0 amide bonds. The molecule has 0 aliphatic carbocycles. The molecule has 3 aromatic carbocycles. The van der Waals surface area contributed by atoms with Gasteiger partial charge in [-0.15, -0.1) is 6.42 Å². The van der Waals surface area contributed by atoms with Gasteiger partial charge in [0.1, 0.15) is 0 Å². The van der Waals surface area contributed by atoms with E-state index in [1.807, 2.05) is 48.5 Å². The lowest BCUT2D eigenvalue weighted by Crippen LogP contribution is -2.08. The maximum atomic E-state index is 12.8. The summed E-state index contributed by atoms with van der Waals surface area (Å²) in [6.07, 6.45) is 10.1. The number of ether oxygens (including phenoxy) is 1. The Balaban J connectivity index is 2.07. The van der Waals surface area contributed by atoms with E-state index in [9.17, 15) is 4.79 Å². The third-order valence-electron chi connectivity index (χ3n) is 4.51. The Labute approximate surface area is 148 Å². The first kappa shape index (κ1) is 17.0. The number of rotatable bonds is 6. The Morgan fingerprint density at radius 3 is 2.00 bits per heavy atom. The van der Waals surface area contributed by atoms with E-state index in [0.717, 1.165) is 46.4 Å². The van der Waals surface area contributed by atoms with Gasteiger partial charge in [0.05, 0.1) is 12.2 Å². The molecule has 0 saturated heterocycles. The van der Waals surface area contributed by atoms with E-state index in [4.69, 9.17) is 11.2 Å². The van der Waals surface area contributed by atoms with Crippen LogP contribution >= 0.6 is 0 Å². The van der Waals surface area contributed by atoms with Gasteiger partial charge in [-0.2, -0.15) is 0 Å². The average Bonchev–Trinajstić information content (AvgIpc) is 2.65. The Morgan fingerprint density at radius 2 is 1.48 bits per heavy atom. The molecule has 0 fully saturated rings. The molecular formula is C23H22O2. The molecule has 0 radical (unpaired) electrons. The number of fused-ring (bicyclic) bond motifs is 2. The van der Waals surface area contributed by atoms with Crippen LogP contribution in [0.2, 0.25) is 0 Å². The number of terminal acetylenes is 1. The monoisotopic (exact) mass is 330 g/mol. The van der Waals surface area contributed by atoms with E-state index in [-0.39, 0.29) is 5.97 Å². The van der Waals surface area contributed by atoms with Crippen molar-refractivity contribution in [2.75, 3.05) is 6.61 Å². The van der Waals surface area contributed by atoms with Gasteiger partial charge < -0.3 is 4.74 Å². The molecule has 0 bridgehead atoms. The quantitative estimate of drug-likeness (QED) is 0.250. The predicted molar refractivity (Wildman–Crippen MR) is 104 cm³/mol. The van der Waals surface area contributed by atoms with Crippen molar-refractivity contribution in [1.82, 2.24) is 0 Å². The third kappa shape index (κ3) is 3.37. The predicted octanol–water partition coefficient (Wildman–Crippen LogP) is 5.71. The summed E-state index contributed by atoms with van der Waals surface area (Å²) < 4.78 is 5.57. The van der Waals surface area contributed by atoms with Crippen LogP contribution in [0.4, 0.5) is 0 Å². The summed E-state index contributed by atoms with van der Waals surface area (Å²) in [5.74, 6) is 2.52. The molecule has 25 heavy (non-hydrogen) atoms. The second kappa shape index (κ2) is 7.85. The van der Waals surface area contributed by atoms with Crippen molar-refractivity contribution in [3.63, 3.8) is 0 Å². The minimum Gasteiger partial charge on any atom is -0.462 e. The van der Waals surface area contributed by atoms with Gasteiger partial charge in [-0.1, -0.05) is 80.6 Å². The van der Waals surface area contributed by atoms with Gasteiger partial charge in [0.2, 0.25) is 0 Å². The minimum absolute atomic E-state index is 0.271. The normalized spacial score (nSPS) is 10.7. The second-order valence-electron chi connectivity index (χ2n) is 6.18. The zero-order valence-corrected chi connectivity index (χ0v) is 14.5. The standard InChI is InChI=1S/C23H22O2/c1-3-5-6-11-16-25-23(24)22-20-14-9-7-12-18(20)17(4-2)19-13-8-10-15-21(19)22/h2,7-10,12-15H,3,5-6,11,16H2,1H3. The smallest absolute Gasteiger partial charge is 0.339 e. The number of esters is 1. The van der Waals surface area contributed by atoms with E-state index < -0.39 is 0 Å². The fourth-order valence-electron chi connectivity index (χ4n) is 3.27. The van der Waals surface area contributed by atoms with Crippen LogP contribution < -0.4 is 0 Å². The zero-order chi connectivity index (χ0) is 17.6. The molecule has 0 atom stereocenters. The highest BCUT2D eigenvalue weighted by Crippen LogP contribution is 2.33. The molecule has 0 aliphatic heterocycles. The van der Waals surface area contributed by atoms with Crippen molar-refractivity contribution in [3.8, 4) is 12.3 Å². The van der Waals surface area contributed by atoms with Crippen LogP contribution in [-0.2, 0) is 4.74 Å².